The van der Waals surface area contributed by atoms with Crippen molar-refractivity contribution in [1.29, 1.82) is 0 Å². The smallest absolute Gasteiger partial charge is 0.336 e. The highest BCUT2D eigenvalue weighted by molar-refractivity contribution is 9.10. The molecule has 4 nitrogen and oxygen atoms in total. The molecule has 0 spiro atoms. The van der Waals surface area contributed by atoms with Gasteiger partial charge < -0.3 is 10.4 Å². The molecule has 0 unspecified atom stereocenters. The molecule has 0 atom stereocenters. The zero-order chi connectivity index (χ0) is 15.6. The number of nitrogens with one attached hydrogen (secondary N) is 1. The number of carboxylic acids is 1. The first-order valence-electron chi connectivity index (χ1n) is 6.30. The molecule has 2 rings (SSSR count). The van der Waals surface area contributed by atoms with Crippen molar-refractivity contribution in [1.82, 2.24) is 0 Å². The quantitative estimate of drug-likeness (QED) is 0.881. The Bertz CT molecular complexity index is 705. The SMILES string of the molecule is Cc1cccc(C)c1C(=O)Nc1ccc(Br)c(C(=O)O)c1. The van der Waals surface area contributed by atoms with E-state index in [2.05, 4.69) is 21.2 Å². The minimum absolute atomic E-state index is 0.106. The van der Waals surface area contributed by atoms with Gasteiger partial charge in [-0.3, -0.25) is 4.79 Å². The highest BCUT2D eigenvalue weighted by Crippen LogP contribution is 2.22. The summed E-state index contributed by atoms with van der Waals surface area (Å²) in [7, 11) is 0. The van der Waals surface area contributed by atoms with Crippen molar-refractivity contribution >= 4 is 33.5 Å². The van der Waals surface area contributed by atoms with Gasteiger partial charge in [0.1, 0.15) is 0 Å². The predicted octanol–water partition coefficient (Wildman–Crippen LogP) is 4.02. The van der Waals surface area contributed by atoms with E-state index < -0.39 is 5.97 Å². The number of hydrogen-bond donors (Lipinski definition) is 2. The third kappa shape index (κ3) is 3.31. The van der Waals surface area contributed by atoms with E-state index in [1.807, 2.05) is 32.0 Å². The first-order valence-corrected chi connectivity index (χ1v) is 7.10. The first-order chi connectivity index (χ1) is 9.90. The van der Waals surface area contributed by atoms with Crippen molar-refractivity contribution in [3.8, 4) is 0 Å². The van der Waals surface area contributed by atoms with Crippen molar-refractivity contribution in [2.75, 3.05) is 5.32 Å². The fraction of sp³-hybridized carbons (Fsp3) is 0.125. The van der Waals surface area contributed by atoms with E-state index in [-0.39, 0.29) is 11.5 Å². The van der Waals surface area contributed by atoms with Crippen LogP contribution in [0.25, 0.3) is 0 Å². The van der Waals surface area contributed by atoms with Gasteiger partial charge in [-0.2, -0.15) is 0 Å². The maximum absolute atomic E-state index is 12.4. The molecule has 0 saturated heterocycles. The Hall–Kier alpha value is -2.14. The lowest BCUT2D eigenvalue weighted by Gasteiger charge is -2.11. The van der Waals surface area contributed by atoms with Gasteiger partial charge >= 0.3 is 5.97 Å². The van der Waals surface area contributed by atoms with E-state index in [0.717, 1.165) is 11.1 Å². The van der Waals surface area contributed by atoms with Crippen LogP contribution >= 0.6 is 15.9 Å². The predicted molar refractivity (Wildman–Crippen MR) is 85.0 cm³/mol. The summed E-state index contributed by atoms with van der Waals surface area (Å²) >= 11 is 3.17. The number of carbonyl (C=O) groups excluding carboxylic acids is 1. The molecular formula is C16H14BrNO3. The Kier molecular flexibility index (Phi) is 4.43. The number of carboxylic acid groups (broad SMARTS) is 1. The van der Waals surface area contributed by atoms with E-state index in [4.69, 9.17) is 5.11 Å². The van der Waals surface area contributed by atoms with E-state index in [0.29, 0.717) is 15.7 Å². The van der Waals surface area contributed by atoms with Crippen molar-refractivity contribution in [2.24, 2.45) is 0 Å². The minimum Gasteiger partial charge on any atom is -0.478 e. The molecule has 0 heterocycles. The lowest BCUT2D eigenvalue weighted by Crippen LogP contribution is -2.15. The maximum Gasteiger partial charge on any atom is 0.336 e. The summed E-state index contributed by atoms with van der Waals surface area (Å²) in [5.74, 6) is -1.30. The number of amides is 1. The van der Waals surface area contributed by atoms with Gasteiger partial charge in [0, 0.05) is 15.7 Å². The van der Waals surface area contributed by atoms with Crippen LogP contribution in [0.15, 0.2) is 40.9 Å². The number of aromatic carboxylic acids is 1. The molecule has 21 heavy (non-hydrogen) atoms. The molecule has 0 saturated carbocycles. The van der Waals surface area contributed by atoms with Gasteiger partial charge in [0.25, 0.3) is 5.91 Å². The van der Waals surface area contributed by atoms with Crippen LogP contribution in [-0.4, -0.2) is 17.0 Å². The molecule has 2 aromatic carbocycles. The Balaban J connectivity index is 2.32. The second kappa shape index (κ2) is 6.10. The second-order valence-corrected chi connectivity index (χ2v) is 5.58. The molecule has 0 radical (unpaired) electrons. The zero-order valence-corrected chi connectivity index (χ0v) is 13.2. The van der Waals surface area contributed by atoms with Crippen LogP contribution in [-0.2, 0) is 0 Å². The number of hydrogen-bond acceptors (Lipinski definition) is 2. The van der Waals surface area contributed by atoms with Gasteiger partial charge in [0.2, 0.25) is 0 Å². The summed E-state index contributed by atoms with van der Waals surface area (Å²) in [6.45, 7) is 3.73. The van der Waals surface area contributed by atoms with Crippen molar-refractivity contribution < 1.29 is 14.7 Å². The molecule has 108 valence electrons. The Morgan fingerprint density at radius 1 is 1.10 bits per heavy atom. The average Bonchev–Trinajstić information content (AvgIpc) is 2.40. The van der Waals surface area contributed by atoms with Crippen molar-refractivity contribution in [3.05, 3.63) is 63.1 Å². The molecule has 0 fully saturated rings. The first kappa shape index (κ1) is 15.3. The molecule has 2 aromatic rings. The van der Waals surface area contributed by atoms with E-state index in [1.54, 1.807) is 12.1 Å². The summed E-state index contributed by atoms with van der Waals surface area (Å²) < 4.78 is 0.472. The topological polar surface area (TPSA) is 66.4 Å². The average molecular weight is 348 g/mol. The van der Waals surface area contributed by atoms with Crippen LogP contribution in [0.4, 0.5) is 5.69 Å². The van der Waals surface area contributed by atoms with Gasteiger partial charge in [-0.15, -0.1) is 0 Å². The molecular weight excluding hydrogens is 334 g/mol. The molecule has 1 amide bonds. The monoisotopic (exact) mass is 347 g/mol. The van der Waals surface area contributed by atoms with Gasteiger partial charge in [0.05, 0.1) is 5.56 Å². The van der Waals surface area contributed by atoms with Crippen LogP contribution in [0.3, 0.4) is 0 Å². The van der Waals surface area contributed by atoms with Crippen LogP contribution in [0, 0.1) is 13.8 Å². The third-order valence-corrected chi connectivity index (χ3v) is 3.85. The summed E-state index contributed by atoms with van der Waals surface area (Å²) in [5.41, 5.74) is 2.92. The lowest BCUT2D eigenvalue weighted by atomic mass is 10.0. The molecule has 0 aliphatic rings. The maximum atomic E-state index is 12.4. The highest BCUT2D eigenvalue weighted by atomic mass is 79.9. The highest BCUT2D eigenvalue weighted by Gasteiger charge is 2.14. The third-order valence-electron chi connectivity index (χ3n) is 3.16. The Labute approximate surface area is 130 Å². The second-order valence-electron chi connectivity index (χ2n) is 4.72. The minimum atomic E-state index is -1.05. The number of rotatable bonds is 3. The summed E-state index contributed by atoms with van der Waals surface area (Å²) in [4.78, 5) is 23.4. The standard InChI is InChI=1S/C16H14BrNO3/c1-9-4-3-5-10(2)14(9)15(19)18-11-6-7-13(17)12(8-11)16(20)21/h3-8H,1-2H3,(H,18,19)(H,20,21). The number of aryl methyl sites for hydroxylation is 2. The van der Waals surface area contributed by atoms with Crippen LogP contribution in [0.1, 0.15) is 31.8 Å². The number of anilines is 1. The number of halogens is 1. The van der Waals surface area contributed by atoms with E-state index >= 15 is 0 Å². The Morgan fingerprint density at radius 2 is 1.71 bits per heavy atom. The molecule has 0 aromatic heterocycles. The van der Waals surface area contributed by atoms with Crippen molar-refractivity contribution in [2.45, 2.75) is 13.8 Å². The molecule has 0 aliphatic carbocycles. The number of carbonyl (C=O) groups is 2. The summed E-state index contributed by atoms with van der Waals surface area (Å²) in [5, 5.41) is 11.8. The fourth-order valence-electron chi connectivity index (χ4n) is 2.13. The molecule has 5 heteroatoms. The van der Waals surface area contributed by atoms with Crippen molar-refractivity contribution in [3.63, 3.8) is 0 Å². The van der Waals surface area contributed by atoms with Gasteiger partial charge in [-0.05, 0) is 59.1 Å². The van der Waals surface area contributed by atoms with E-state index in [1.165, 1.54) is 6.07 Å². The van der Waals surface area contributed by atoms with E-state index in [9.17, 15) is 9.59 Å². The Morgan fingerprint density at radius 3 is 2.29 bits per heavy atom. The van der Waals surface area contributed by atoms with Crippen LogP contribution in [0.5, 0.6) is 0 Å². The van der Waals surface area contributed by atoms with Crippen LogP contribution < -0.4 is 5.32 Å². The van der Waals surface area contributed by atoms with Gasteiger partial charge in [-0.1, -0.05) is 18.2 Å². The largest absolute Gasteiger partial charge is 0.478 e. The molecule has 0 aliphatic heterocycles. The van der Waals surface area contributed by atoms with Crippen LogP contribution in [0.2, 0.25) is 0 Å². The van der Waals surface area contributed by atoms with Gasteiger partial charge in [0.15, 0.2) is 0 Å². The lowest BCUT2D eigenvalue weighted by molar-refractivity contribution is 0.0695. The normalized spacial score (nSPS) is 10.2. The fourth-order valence-corrected chi connectivity index (χ4v) is 2.55. The summed E-state index contributed by atoms with van der Waals surface area (Å²) in [6.07, 6.45) is 0. The zero-order valence-electron chi connectivity index (χ0n) is 11.6. The number of benzene rings is 2. The van der Waals surface area contributed by atoms with Gasteiger partial charge in [-0.25, -0.2) is 4.79 Å². The molecule has 0 bridgehead atoms. The molecule has 2 N–H and O–H groups in total. The summed E-state index contributed by atoms with van der Waals surface area (Å²) in [6, 6.07) is 10.3.